The molecule has 0 bridgehead atoms. The Labute approximate surface area is 90.5 Å². The van der Waals surface area contributed by atoms with Crippen molar-refractivity contribution in [2.24, 2.45) is 0 Å². The van der Waals surface area contributed by atoms with Crippen LogP contribution in [0, 0.1) is 11.3 Å². The van der Waals surface area contributed by atoms with Gasteiger partial charge in [-0.3, -0.25) is 0 Å². The van der Waals surface area contributed by atoms with Gasteiger partial charge in [0.15, 0.2) is 0 Å². The van der Waals surface area contributed by atoms with Crippen LogP contribution in [0.4, 0.5) is 0 Å². The fourth-order valence-corrected chi connectivity index (χ4v) is 2.25. The standard InChI is InChI=1S/C13H15NO/c1-12(2)13(15-12,9-6-10-14)11-7-4-3-5-8-11/h3-5,7-8H,6,9H2,1-2H3/t13-/m0/s1. The zero-order valence-electron chi connectivity index (χ0n) is 9.16. The van der Waals surface area contributed by atoms with E-state index in [0.29, 0.717) is 6.42 Å². The highest BCUT2D eigenvalue weighted by atomic mass is 16.6. The molecule has 2 nitrogen and oxygen atoms in total. The van der Waals surface area contributed by atoms with E-state index >= 15 is 0 Å². The summed E-state index contributed by atoms with van der Waals surface area (Å²) in [6.45, 7) is 4.16. The summed E-state index contributed by atoms with van der Waals surface area (Å²) in [5.41, 5.74) is 0.820. The smallest absolute Gasteiger partial charge is 0.123 e. The van der Waals surface area contributed by atoms with Crippen molar-refractivity contribution in [3.05, 3.63) is 35.9 Å². The van der Waals surface area contributed by atoms with Gasteiger partial charge in [-0.2, -0.15) is 5.26 Å². The Kier molecular flexibility index (Phi) is 2.28. The van der Waals surface area contributed by atoms with E-state index in [1.165, 1.54) is 5.56 Å². The zero-order valence-corrected chi connectivity index (χ0v) is 9.16. The first-order valence-electron chi connectivity index (χ1n) is 5.25. The summed E-state index contributed by atoms with van der Waals surface area (Å²) >= 11 is 0. The molecule has 1 aromatic carbocycles. The number of hydrogen-bond acceptors (Lipinski definition) is 2. The van der Waals surface area contributed by atoms with Crippen LogP contribution in [0.3, 0.4) is 0 Å². The van der Waals surface area contributed by atoms with Crippen LogP contribution in [-0.4, -0.2) is 5.60 Å². The van der Waals surface area contributed by atoms with Crippen LogP contribution in [0.25, 0.3) is 0 Å². The zero-order chi connectivity index (χ0) is 10.9. The molecule has 78 valence electrons. The van der Waals surface area contributed by atoms with Gasteiger partial charge in [0.1, 0.15) is 5.60 Å². The van der Waals surface area contributed by atoms with Crippen LogP contribution in [0.2, 0.25) is 0 Å². The lowest BCUT2D eigenvalue weighted by atomic mass is 9.85. The third-order valence-electron chi connectivity index (χ3n) is 3.19. The minimum Gasteiger partial charge on any atom is -0.358 e. The Hall–Kier alpha value is -1.33. The number of hydrogen-bond donors (Lipinski definition) is 0. The average Bonchev–Trinajstić information content (AvgIpc) is 2.81. The van der Waals surface area contributed by atoms with Crippen molar-refractivity contribution in [3.63, 3.8) is 0 Å². The fourth-order valence-electron chi connectivity index (χ4n) is 2.25. The summed E-state index contributed by atoms with van der Waals surface area (Å²) in [5.74, 6) is 0. The molecule has 1 aromatic rings. The summed E-state index contributed by atoms with van der Waals surface area (Å²) in [5, 5.41) is 8.67. The largest absolute Gasteiger partial charge is 0.358 e. The summed E-state index contributed by atoms with van der Waals surface area (Å²) in [6, 6.07) is 12.4. The van der Waals surface area contributed by atoms with Crippen LogP contribution >= 0.6 is 0 Å². The Morgan fingerprint density at radius 2 is 1.87 bits per heavy atom. The SMILES string of the molecule is CC1(C)O[C@@]1(CCC#N)c1ccccc1. The van der Waals surface area contributed by atoms with Gasteiger partial charge in [-0.05, 0) is 25.8 Å². The van der Waals surface area contributed by atoms with Crippen LogP contribution in [0.5, 0.6) is 0 Å². The molecule has 15 heavy (non-hydrogen) atoms. The Morgan fingerprint density at radius 1 is 1.27 bits per heavy atom. The van der Waals surface area contributed by atoms with Gasteiger partial charge in [0.2, 0.25) is 0 Å². The van der Waals surface area contributed by atoms with E-state index in [0.717, 1.165) is 6.42 Å². The maximum atomic E-state index is 8.67. The molecule has 1 aliphatic heterocycles. The van der Waals surface area contributed by atoms with Crippen LogP contribution in [0.1, 0.15) is 32.3 Å². The summed E-state index contributed by atoms with van der Waals surface area (Å²) in [6.07, 6.45) is 1.32. The normalized spacial score (nSPS) is 27.0. The van der Waals surface area contributed by atoms with Gasteiger partial charge >= 0.3 is 0 Å². The van der Waals surface area contributed by atoms with Crippen molar-refractivity contribution in [2.75, 3.05) is 0 Å². The fraction of sp³-hybridized carbons (Fsp3) is 0.462. The van der Waals surface area contributed by atoms with E-state index in [4.69, 9.17) is 10.00 Å². The highest BCUT2D eigenvalue weighted by Crippen LogP contribution is 2.58. The Balaban J connectivity index is 2.27. The number of epoxide rings is 1. The number of nitriles is 1. The maximum Gasteiger partial charge on any atom is 0.123 e. The second kappa shape index (κ2) is 3.36. The quantitative estimate of drug-likeness (QED) is 0.705. The number of benzene rings is 1. The third kappa shape index (κ3) is 1.53. The Morgan fingerprint density at radius 3 is 2.33 bits per heavy atom. The highest BCUT2D eigenvalue weighted by molar-refractivity contribution is 5.32. The molecule has 1 saturated heterocycles. The molecule has 1 heterocycles. The third-order valence-corrected chi connectivity index (χ3v) is 3.19. The molecule has 0 aromatic heterocycles. The molecule has 0 N–H and O–H groups in total. The first-order valence-corrected chi connectivity index (χ1v) is 5.25. The second-order valence-electron chi connectivity index (χ2n) is 4.46. The topological polar surface area (TPSA) is 36.3 Å². The van der Waals surface area contributed by atoms with E-state index in [2.05, 4.69) is 32.0 Å². The second-order valence-corrected chi connectivity index (χ2v) is 4.46. The van der Waals surface area contributed by atoms with Crippen LogP contribution < -0.4 is 0 Å². The van der Waals surface area contributed by atoms with Gasteiger partial charge < -0.3 is 4.74 Å². The minimum absolute atomic E-state index is 0.134. The molecule has 0 amide bonds. The van der Waals surface area contributed by atoms with E-state index in [9.17, 15) is 0 Å². The van der Waals surface area contributed by atoms with Crippen molar-refractivity contribution >= 4 is 0 Å². The molecule has 1 aliphatic rings. The predicted molar refractivity (Wildman–Crippen MR) is 58.1 cm³/mol. The molecule has 0 aliphatic carbocycles. The minimum atomic E-state index is -0.232. The monoisotopic (exact) mass is 201 g/mol. The van der Waals surface area contributed by atoms with Crippen molar-refractivity contribution in [1.82, 2.24) is 0 Å². The van der Waals surface area contributed by atoms with E-state index < -0.39 is 0 Å². The summed E-state index contributed by atoms with van der Waals surface area (Å²) in [7, 11) is 0. The average molecular weight is 201 g/mol. The molecule has 0 unspecified atom stereocenters. The molecule has 0 spiro atoms. The Bertz CT molecular complexity index is 391. The van der Waals surface area contributed by atoms with Crippen molar-refractivity contribution in [1.29, 1.82) is 5.26 Å². The lowest BCUT2D eigenvalue weighted by Crippen LogP contribution is -2.18. The maximum absolute atomic E-state index is 8.67. The van der Waals surface area contributed by atoms with Crippen molar-refractivity contribution < 1.29 is 4.74 Å². The molecule has 2 heteroatoms. The molecule has 0 saturated carbocycles. The van der Waals surface area contributed by atoms with E-state index in [1.54, 1.807) is 0 Å². The molecule has 0 radical (unpaired) electrons. The molecular formula is C13H15NO. The first kappa shape index (κ1) is 10.2. The number of rotatable bonds is 3. The number of ether oxygens (including phenoxy) is 1. The first-order chi connectivity index (χ1) is 7.12. The van der Waals surface area contributed by atoms with Gasteiger partial charge in [0.05, 0.1) is 11.7 Å². The van der Waals surface area contributed by atoms with E-state index in [-0.39, 0.29) is 11.2 Å². The van der Waals surface area contributed by atoms with Crippen LogP contribution in [-0.2, 0) is 10.3 Å². The lowest BCUT2D eigenvalue weighted by molar-refractivity contribution is 0.268. The van der Waals surface area contributed by atoms with Gasteiger partial charge in [0, 0.05) is 6.42 Å². The summed E-state index contributed by atoms with van der Waals surface area (Å²) < 4.78 is 5.83. The van der Waals surface area contributed by atoms with Gasteiger partial charge in [-0.25, -0.2) is 0 Å². The number of nitrogens with zero attached hydrogens (tertiary/aromatic N) is 1. The molecule has 1 atom stereocenters. The van der Waals surface area contributed by atoms with Gasteiger partial charge in [0.25, 0.3) is 0 Å². The molecule has 1 fully saturated rings. The van der Waals surface area contributed by atoms with Crippen LogP contribution in [0.15, 0.2) is 30.3 Å². The van der Waals surface area contributed by atoms with E-state index in [1.807, 2.05) is 18.2 Å². The summed E-state index contributed by atoms with van der Waals surface area (Å²) in [4.78, 5) is 0. The van der Waals surface area contributed by atoms with Gasteiger partial charge in [-0.15, -0.1) is 0 Å². The highest BCUT2D eigenvalue weighted by Gasteiger charge is 2.63. The van der Waals surface area contributed by atoms with Gasteiger partial charge in [-0.1, -0.05) is 30.3 Å². The van der Waals surface area contributed by atoms with Crippen molar-refractivity contribution in [2.45, 2.75) is 37.9 Å². The lowest BCUT2D eigenvalue weighted by Gasteiger charge is -2.13. The molecule has 2 rings (SSSR count). The molecular weight excluding hydrogens is 186 g/mol. The predicted octanol–water partition coefficient (Wildman–Crippen LogP) is 2.99. The van der Waals surface area contributed by atoms with Crippen molar-refractivity contribution in [3.8, 4) is 6.07 Å².